The molecule has 6 heteroatoms. The fourth-order valence-electron chi connectivity index (χ4n) is 1.40. The van der Waals surface area contributed by atoms with Gasteiger partial charge in [0.15, 0.2) is 0 Å². The van der Waals surface area contributed by atoms with Gasteiger partial charge in [0.2, 0.25) is 0 Å². The molecule has 0 aliphatic carbocycles. The van der Waals surface area contributed by atoms with Crippen molar-refractivity contribution in [3.05, 3.63) is 49.6 Å². The van der Waals surface area contributed by atoms with Gasteiger partial charge in [-0.3, -0.25) is 0 Å². The van der Waals surface area contributed by atoms with Crippen molar-refractivity contribution in [2.45, 2.75) is 6.61 Å². The van der Waals surface area contributed by atoms with Crippen LogP contribution in [0.1, 0.15) is 10.4 Å². The third-order valence-corrected chi connectivity index (χ3v) is 4.12. The van der Waals surface area contributed by atoms with E-state index in [9.17, 15) is 0 Å². The van der Waals surface area contributed by atoms with Crippen LogP contribution in [0.3, 0.4) is 0 Å². The second kappa shape index (κ2) is 6.02. The van der Waals surface area contributed by atoms with Gasteiger partial charge >= 0.3 is 0 Å². The van der Waals surface area contributed by atoms with E-state index in [-0.39, 0.29) is 0 Å². The van der Waals surface area contributed by atoms with Crippen molar-refractivity contribution in [1.82, 2.24) is 0 Å². The molecule has 1 aromatic heterocycles. The summed E-state index contributed by atoms with van der Waals surface area (Å²) < 4.78 is 7.38. The van der Waals surface area contributed by atoms with Gasteiger partial charge in [-0.05, 0) is 30.3 Å². The summed E-state index contributed by atoms with van der Waals surface area (Å²) >= 11 is 15.7. The molecule has 0 unspecified atom stereocenters. The smallest absolute Gasteiger partial charge is 0.130 e. The first-order chi connectivity index (χ1) is 8.56. The number of nitrogens with two attached hydrogens (primary N) is 1. The topological polar surface area (TPSA) is 35.2 Å². The summed E-state index contributed by atoms with van der Waals surface area (Å²) in [6.07, 6.45) is 0. The van der Waals surface area contributed by atoms with Crippen LogP contribution >= 0.6 is 51.1 Å². The maximum absolute atomic E-state index is 5.86. The Morgan fingerprint density at radius 2 is 2.17 bits per heavy atom. The van der Waals surface area contributed by atoms with Gasteiger partial charge in [-0.25, -0.2) is 0 Å². The van der Waals surface area contributed by atoms with Crippen LogP contribution < -0.4 is 10.5 Å². The predicted molar refractivity (Wildman–Crippen MR) is 83.7 cm³/mol. The number of thiocarbonyl (C=S) groups is 1. The fourth-order valence-corrected chi connectivity index (χ4v) is 2.92. The maximum atomic E-state index is 5.86. The average Bonchev–Trinajstić information content (AvgIpc) is 2.73. The summed E-state index contributed by atoms with van der Waals surface area (Å²) in [7, 11) is 0. The second-order valence-corrected chi connectivity index (χ2v) is 6.65. The minimum Gasteiger partial charge on any atom is -0.487 e. The summed E-state index contributed by atoms with van der Waals surface area (Å²) in [5.74, 6) is 0.676. The van der Waals surface area contributed by atoms with E-state index in [4.69, 9.17) is 34.3 Å². The molecule has 0 bridgehead atoms. The highest BCUT2D eigenvalue weighted by atomic mass is 79.9. The second-order valence-electron chi connectivity index (χ2n) is 3.50. The lowest BCUT2D eigenvalue weighted by molar-refractivity contribution is 0.309. The van der Waals surface area contributed by atoms with Gasteiger partial charge in [0, 0.05) is 9.35 Å². The number of hydrogen-bond acceptors (Lipinski definition) is 3. The molecular formula is C12H9BrClNOS2. The molecule has 0 fully saturated rings. The SMILES string of the molecule is NC(=S)c1cc(Br)ccc1OCc1ccc(Cl)s1. The average molecular weight is 363 g/mol. The van der Waals surface area contributed by atoms with E-state index in [1.165, 1.54) is 11.3 Å². The third-order valence-electron chi connectivity index (χ3n) is 2.21. The number of benzene rings is 1. The van der Waals surface area contributed by atoms with Crippen LogP contribution in [0.25, 0.3) is 0 Å². The summed E-state index contributed by atoms with van der Waals surface area (Å²) in [5, 5.41) is 0. The molecule has 0 aliphatic rings. The molecular weight excluding hydrogens is 354 g/mol. The Bertz CT molecular complexity index is 585. The first kappa shape index (κ1) is 13.8. The molecule has 0 radical (unpaired) electrons. The third kappa shape index (κ3) is 3.45. The molecule has 2 N–H and O–H groups in total. The maximum Gasteiger partial charge on any atom is 0.130 e. The van der Waals surface area contributed by atoms with Crippen LogP contribution in [0.4, 0.5) is 0 Å². The van der Waals surface area contributed by atoms with E-state index in [1.54, 1.807) is 0 Å². The van der Waals surface area contributed by atoms with Crippen LogP contribution in [0.5, 0.6) is 5.75 Å². The summed E-state index contributed by atoms with van der Waals surface area (Å²) in [4.78, 5) is 1.37. The zero-order valence-electron chi connectivity index (χ0n) is 9.15. The minimum atomic E-state index is 0.315. The summed E-state index contributed by atoms with van der Waals surface area (Å²) in [5.41, 5.74) is 6.39. The normalized spacial score (nSPS) is 10.3. The van der Waals surface area contributed by atoms with Crippen molar-refractivity contribution in [3.63, 3.8) is 0 Å². The predicted octanol–water partition coefficient (Wildman–Crippen LogP) is 4.38. The number of ether oxygens (including phenoxy) is 1. The molecule has 18 heavy (non-hydrogen) atoms. The van der Waals surface area contributed by atoms with Gasteiger partial charge in [0.1, 0.15) is 17.3 Å². The molecule has 1 aromatic carbocycles. The van der Waals surface area contributed by atoms with Crippen molar-refractivity contribution in [3.8, 4) is 5.75 Å². The van der Waals surface area contributed by atoms with Gasteiger partial charge in [0.05, 0.1) is 9.90 Å². The molecule has 2 nitrogen and oxygen atoms in total. The van der Waals surface area contributed by atoms with Crippen molar-refractivity contribution in [2.24, 2.45) is 5.73 Å². The van der Waals surface area contributed by atoms with Gasteiger partial charge in [-0.2, -0.15) is 0 Å². The molecule has 1 heterocycles. The highest BCUT2D eigenvalue weighted by Crippen LogP contribution is 2.26. The highest BCUT2D eigenvalue weighted by Gasteiger charge is 2.08. The van der Waals surface area contributed by atoms with Crippen molar-refractivity contribution >= 4 is 56.1 Å². The van der Waals surface area contributed by atoms with Gasteiger partial charge < -0.3 is 10.5 Å². The summed E-state index contributed by atoms with van der Waals surface area (Å²) in [6.45, 7) is 0.453. The molecule has 0 amide bonds. The molecule has 0 aliphatic heterocycles. The lowest BCUT2D eigenvalue weighted by Crippen LogP contribution is -2.11. The van der Waals surface area contributed by atoms with Crippen LogP contribution in [-0.4, -0.2) is 4.99 Å². The van der Waals surface area contributed by atoms with E-state index in [0.717, 1.165) is 19.2 Å². The molecule has 0 saturated carbocycles. The number of hydrogen-bond donors (Lipinski definition) is 1. The van der Waals surface area contributed by atoms with E-state index >= 15 is 0 Å². The molecule has 0 atom stereocenters. The Labute approximate surface area is 128 Å². The zero-order valence-corrected chi connectivity index (χ0v) is 13.1. The Kier molecular flexibility index (Phi) is 4.61. The number of halogens is 2. The quantitative estimate of drug-likeness (QED) is 0.820. The van der Waals surface area contributed by atoms with Gasteiger partial charge in [-0.1, -0.05) is 39.7 Å². The van der Waals surface area contributed by atoms with E-state index in [1.807, 2.05) is 30.3 Å². The Hall–Kier alpha value is -0.620. The zero-order chi connectivity index (χ0) is 13.1. The Morgan fingerprint density at radius 3 is 2.78 bits per heavy atom. The highest BCUT2D eigenvalue weighted by molar-refractivity contribution is 9.10. The Balaban J connectivity index is 2.16. The molecule has 0 spiro atoms. The van der Waals surface area contributed by atoms with Crippen LogP contribution in [0.15, 0.2) is 34.8 Å². The molecule has 0 saturated heterocycles. The number of rotatable bonds is 4. The lowest BCUT2D eigenvalue weighted by Gasteiger charge is -2.10. The van der Waals surface area contributed by atoms with Gasteiger partial charge in [0.25, 0.3) is 0 Å². The molecule has 2 aromatic rings. The van der Waals surface area contributed by atoms with Gasteiger partial charge in [-0.15, -0.1) is 11.3 Å². The standard InChI is InChI=1S/C12H9BrClNOS2/c13-7-1-3-10(9(5-7)12(15)17)16-6-8-2-4-11(14)18-8/h1-5H,6H2,(H2,15,17). The summed E-state index contributed by atoms with van der Waals surface area (Å²) in [6, 6.07) is 9.36. The largest absolute Gasteiger partial charge is 0.487 e. The van der Waals surface area contributed by atoms with E-state index < -0.39 is 0 Å². The molecule has 2 rings (SSSR count). The van der Waals surface area contributed by atoms with Crippen molar-refractivity contribution in [1.29, 1.82) is 0 Å². The monoisotopic (exact) mass is 361 g/mol. The van der Waals surface area contributed by atoms with E-state index in [0.29, 0.717) is 17.3 Å². The van der Waals surface area contributed by atoms with E-state index in [2.05, 4.69) is 15.9 Å². The van der Waals surface area contributed by atoms with Crippen molar-refractivity contribution in [2.75, 3.05) is 0 Å². The van der Waals surface area contributed by atoms with Crippen LogP contribution in [0, 0.1) is 0 Å². The van der Waals surface area contributed by atoms with Crippen molar-refractivity contribution < 1.29 is 4.74 Å². The minimum absolute atomic E-state index is 0.315. The first-order valence-corrected chi connectivity index (χ1v) is 7.42. The lowest BCUT2D eigenvalue weighted by atomic mass is 10.2. The fraction of sp³-hybridized carbons (Fsp3) is 0.0833. The first-order valence-electron chi connectivity index (χ1n) is 5.02. The molecule has 94 valence electrons. The number of thiophene rings is 1. The Morgan fingerprint density at radius 1 is 1.39 bits per heavy atom. The van der Waals surface area contributed by atoms with Crippen LogP contribution in [0.2, 0.25) is 4.34 Å². The van der Waals surface area contributed by atoms with Crippen LogP contribution in [-0.2, 0) is 6.61 Å².